The minimum atomic E-state index is 0.429. The largest absolute Gasteiger partial charge is 0.372 e. The quantitative estimate of drug-likeness (QED) is 0.844. The maximum atomic E-state index is 5.97. The summed E-state index contributed by atoms with van der Waals surface area (Å²) in [5, 5.41) is 0. The Morgan fingerprint density at radius 2 is 1.78 bits per heavy atom. The van der Waals surface area contributed by atoms with E-state index in [9.17, 15) is 0 Å². The molecule has 0 atom stereocenters. The predicted octanol–water partition coefficient (Wildman–Crippen LogP) is 3.50. The van der Waals surface area contributed by atoms with Crippen molar-refractivity contribution < 1.29 is 0 Å². The standard InChI is InChI=1S/C15H24N2S/c1-3-18-15-10-8-14(9-11-15)17(2)13-6-4-12(16)5-7-13/h8-13H,3-7,16H2,1-2H3. The van der Waals surface area contributed by atoms with Crippen LogP contribution in [0.25, 0.3) is 0 Å². The first-order valence-electron chi connectivity index (χ1n) is 6.92. The molecule has 1 aromatic rings. The van der Waals surface area contributed by atoms with E-state index >= 15 is 0 Å². The molecule has 0 unspecified atom stereocenters. The van der Waals surface area contributed by atoms with Crippen LogP contribution in [0, 0.1) is 0 Å². The second-order valence-corrected chi connectivity index (χ2v) is 6.44. The van der Waals surface area contributed by atoms with Crippen LogP contribution in [0.1, 0.15) is 32.6 Å². The van der Waals surface area contributed by atoms with E-state index in [4.69, 9.17) is 5.73 Å². The molecule has 0 aliphatic heterocycles. The van der Waals surface area contributed by atoms with E-state index in [0.29, 0.717) is 12.1 Å². The van der Waals surface area contributed by atoms with Gasteiger partial charge in [0.15, 0.2) is 0 Å². The second kappa shape index (κ2) is 6.48. The predicted molar refractivity (Wildman–Crippen MR) is 81.5 cm³/mol. The van der Waals surface area contributed by atoms with Crippen LogP contribution in [-0.2, 0) is 0 Å². The summed E-state index contributed by atoms with van der Waals surface area (Å²) >= 11 is 1.90. The minimum absolute atomic E-state index is 0.429. The molecule has 0 bridgehead atoms. The summed E-state index contributed by atoms with van der Waals surface area (Å²) < 4.78 is 0. The van der Waals surface area contributed by atoms with E-state index < -0.39 is 0 Å². The van der Waals surface area contributed by atoms with E-state index in [-0.39, 0.29) is 0 Å². The Labute approximate surface area is 115 Å². The van der Waals surface area contributed by atoms with Gasteiger partial charge in [-0.3, -0.25) is 0 Å². The molecule has 1 aliphatic carbocycles. The number of hydrogen-bond donors (Lipinski definition) is 1. The van der Waals surface area contributed by atoms with Crippen molar-refractivity contribution >= 4 is 17.4 Å². The summed E-state index contributed by atoms with van der Waals surface area (Å²) in [6, 6.07) is 10.0. The third-order valence-electron chi connectivity index (χ3n) is 3.84. The van der Waals surface area contributed by atoms with Crippen LogP contribution in [-0.4, -0.2) is 24.9 Å². The Balaban J connectivity index is 1.97. The van der Waals surface area contributed by atoms with Gasteiger partial charge >= 0.3 is 0 Å². The summed E-state index contributed by atoms with van der Waals surface area (Å²) in [5.74, 6) is 1.13. The molecule has 0 saturated heterocycles. The molecule has 2 N–H and O–H groups in total. The fourth-order valence-corrected chi connectivity index (χ4v) is 3.31. The van der Waals surface area contributed by atoms with Gasteiger partial charge in [0.05, 0.1) is 0 Å². The van der Waals surface area contributed by atoms with Crippen molar-refractivity contribution in [2.45, 2.75) is 49.6 Å². The first-order valence-corrected chi connectivity index (χ1v) is 7.90. The third-order valence-corrected chi connectivity index (χ3v) is 4.74. The first-order chi connectivity index (χ1) is 8.70. The van der Waals surface area contributed by atoms with Gasteiger partial charge in [0.2, 0.25) is 0 Å². The number of thioether (sulfide) groups is 1. The molecular formula is C15H24N2S. The maximum Gasteiger partial charge on any atom is 0.0366 e. The number of rotatable bonds is 4. The lowest BCUT2D eigenvalue weighted by molar-refractivity contribution is 0.385. The van der Waals surface area contributed by atoms with Crippen LogP contribution in [0.2, 0.25) is 0 Å². The molecule has 2 nitrogen and oxygen atoms in total. The van der Waals surface area contributed by atoms with Crippen LogP contribution in [0.3, 0.4) is 0 Å². The first kappa shape index (κ1) is 13.8. The van der Waals surface area contributed by atoms with Crippen molar-refractivity contribution in [3.63, 3.8) is 0 Å². The number of anilines is 1. The SMILES string of the molecule is CCSc1ccc(N(C)C2CCC(N)CC2)cc1. The van der Waals surface area contributed by atoms with Gasteiger partial charge in [-0.1, -0.05) is 6.92 Å². The van der Waals surface area contributed by atoms with E-state index in [0.717, 1.165) is 5.75 Å². The summed E-state index contributed by atoms with van der Waals surface area (Å²) in [5.41, 5.74) is 7.30. The molecule has 2 rings (SSSR count). The topological polar surface area (TPSA) is 29.3 Å². The van der Waals surface area contributed by atoms with Gasteiger partial charge in [0, 0.05) is 29.7 Å². The molecule has 0 aromatic heterocycles. The monoisotopic (exact) mass is 264 g/mol. The molecule has 0 radical (unpaired) electrons. The molecule has 1 saturated carbocycles. The van der Waals surface area contributed by atoms with Crippen LogP contribution >= 0.6 is 11.8 Å². The van der Waals surface area contributed by atoms with Crippen molar-refractivity contribution in [2.75, 3.05) is 17.7 Å². The van der Waals surface area contributed by atoms with E-state index in [1.54, 1.807) is 0 Å². The molecular weight excluding hydrogens is 240 g/mol. The molecule has 18 heavy (non-hydrogen) atoms. The highest BCUT2D eigenvalue weighted by Crippen LogP contribution is 2.27. The lowest BCUT2D eigenvalue weighted by Crippen LogP contribution is -2.38. The zero-order valence-corrected chi connectivity index (χ0v) is 12.2. The van der Waals surface area contributed by atoms with E-state index in [1.807, 2.05) is 11.8 Å². The number of hydrogen-bond acceptors (Lipinski definition) is 3. The van der Waals surface area contributed by atoms with Gasteiger partial charge in [-0.2, -0.15) is 0 Å². The molecule has 0 amide bonds. The van der Waals surface area contributed by atoms with Crippen molar-refractivity contribution in [3.05, 3.63) is 24.3 Å². The summed E-state index contributed by atoms with van der Waals surface area (Å²) in [6.45, 7) is 2.19. The van der Waals surface area contributed by atoms with Gasteiger partial charge in [-0.15, -0.1) is 11.8 Å². The number of benzene rings is 1. The van der Waals surface area contributed by atoms with E-state index in [1.165, 1.54) is 36.3 Å². The third kappa shape index (κ3) is 3.42. The summed E-state index contributed by atoms with van der Waals surface area (Å²) in [7, 11) is 2.21. The minimum Gasteiger partial charge on any atom is -0.372 e. The molecule has 1 aromatic carbocycles. The van der Waals surface area contributed by atoms with Crippen LogP contribution < -0.4 is 10.6 Å². The Kier molecular flexibility index (Phi) is 4.95. The lowest BCUT2D eigenvalue weighted by Gasteiger charge is -2.35. The number of nitrogens with zero attached hydrogens (tertiary/aromatic N) is 1. The van der Waals surface area contributed by atoms with Crippen molar-refractivity contribution in [1.82, 2.24) is 0 Å². The van der Waals surface area contributed by atoms with Crippen LogP contribution in [0.4, 0.5) is 5.69 Å². The zero-order valence-electron chi connectivity index (χ0n) is 11.4. The lowest BCUT2D eigenvalue weighted by atomic mass is 9.91. The number of nitrogens with two attached hydrogens (primary N) is 1. The van der Waals surface area contributed by atoms with Gasteiger partial charge in [-0.25, -0.2) is 0 Å². The highest BCUT2D eigenvalue weighted by Gasteiger charge is 2.21. The Bertz CT molecular complexity index is 355. The zero-order chi connectivity index (χ0) is 13.0. The fourth-order valence-electron chi connectivity index (χ4n) is 2.64. The average molecular weight is 264 g/mol. The van der Waals surface area contributed by atoms with Gasteiger partial charge in [0.1, 0.15) is 0 Å². The van der Waals surface area contributed by atoms with Gasteiger partial charge < -0.3 is 10.6 Å². The molecule has 0 heterocycles. The Morgan fingerprint density at radius 1 is 1.17 bits per heavy atom. The van der Waals surface area contributed by atoms with Crippen molar-refractivity contribution in [3.8, 4) is 0 Å². The molecule has 3 heteroatoms. The highest BCUT2D eigenvalue weighted by molar-refractivity contribution is 7.99. The maximum absolute atomic E-state index is 5.97. The summed E-state index contributed by atoms with van der Waals surface area (Å²) in [4.78, 5) is 3.78. The van der Waals surface area contributed by atoms with Crippen LogP contribution in [0.5, 0.6) is 0 Å². The Hall–Kier alpha value is -0.670. The van der Waals surface area contributed by atoms with Gasteiger partial charge in [-0.05, 0) is 55.7 Å². The fraction of sp³-hybridized carbons (Fsp3) is 0.600. The van der Waals surface area contributed by atoms with Gasteiger partial charge in [0.25, 0.3) is 0 Å². The molecule has 1 fully saturated rings. The molecule has 0 spiro atoms. The summed E-state index contributed by atoms with van der Waals surface area (Å²) in [6.07, 6.45) is 4.78. The molecule has 100 valence electrons. The average Bonchev–Trinajstić information content (AvgIpc) is 2.40. The van der Waals surface area contributed by atoms with E-state index in [2.05, 4.69) is 43.1 Å². The smallest absolute Gasteiger partial charge is 0.0366 e. The van der Waals surface area contributed by atoms with Crippen LogP contribution in [0.15, 0.2) is 29.2 Å². The molecule has 1 aliphatic rings. The second-order valence-electron chi connectivity index (χ2n) is 5.11. The van der Waals surface area contributed by atoms with Crippen molar-refractivity contribution in [1.29, 1.82) is 0 Å². The normalized spacial score (nSPS) is 23.9. The van der Waals surface area contributed by atoms with Crippen molar-refractivity contribution in [2.24, 2.45) is 5.73 Å². The highest BCUT2D eigenvalue weighted by atomic mass is 32.2. The Morgan fingerprint density at radius 3 is 2.33 bits per heavy atom.